The molecule has 0 bridgehead atoms. The van der Waals surface area contributed by atoms with Crippen LogP contribution in [0.4, 0.5) is 17.1 Å². The van der Waals surface area contributed by atoms with Gasteiger partial charge < -0.3 is 4.74 Å². The number of ether oxygens (including phenoxy) is 1. The Kier molecular flexibility index (Phi) is 6.11. The molecule has 0 atom stereocenters. The van der Waals surface area contributed by atoms with E-state index in [1.807, 2.05) is 36.4 Å². The minimum Gasteiger partial charge on any atom is -0.489 e. The van der Waals surface area contributed by atoms with Gasteiger partial charge in [-0.3, -0.25) is 25.7 Å². The maximum absolute atomic E-state index is 11.1. The average Bonchev–Trinajstić information content (AvgIpc) is 2.73. The predicted octanol–water partition coefficient (Wildman–Crippen LogP) is 4.53. The summed E-state index contributed by atoms with van der Waals surface area (Å²) in [4.78, 5) is 20.5. The number of nitrogens with zero attached hydrogens (tertiary/aromatic N) is 3. The average molecular weight is 392 g/mol. The van der Waals surface area contributed by atoms with Gasteiger partial charge in [0.25, 0.3) is 5.69 Å². The lowest BCUT2D eigenvalue weighted by Gasteiger charge is -2.07. The molecular weight excluding hydrogens is 376 g/mol. The van der Waals surface area contributed by atoms with Crippen LogP contribution in [-0.4, -0.2) is 16.1 Å². The van der Waals surface area contributed by atoms with Gasteiger partial charge >= 0.3 is 5.69 Å². The minimum atomic E-state index is -0.705. The number of benzene rings is 3. The lowest BCUT2D eigenvalue weighted by atomic mass is 10.2. The van der Waals surface area contributed by atoms with Crippen LogP contribution in [-0.2, 0) is 6.61 Å². The number of hydrogen-bond acceptors (Lipinski definition) is 7. The molecule has 0 fully saturated rings. The summed E-state index contributed by atoms with van der Waals surface area (Å²) in [5.41, 5.74) is 3.56. The first-order chi connectivity index (χ1) is 14.0. The molecule has 0 amide bonds. The molecule has 0 radical (unpaired) electrons. The highest BCUT2D eigenvalue weighted by Crippen LogP contribution is 2.28. The molecule has 0 aliphatic heterocycles. The molecule has 0 aliphatic carbocycles. The van der Waals surface area contributed by atoms with Crippen molar-refractivity contribution in [1.29, 1.82) is 0 Å². The molecule has 0 aliphatic rings. The van der Waals surface area contributed by atoms with Crippen molar-refractivity contribution in [3.05, 3.63) is 104 Å². The van der Waals surface area contributed by atoms with E-state index in [4.69, 9.17) is 4.74 Å². The molecule has 0 aromatic heterocycles. The van der Waals surface area contributed by atoms with E-state index in [9.17, 15) is 20.2 Å². The molecule has 9 nitrogen and oxygen atoms in total. The number of nitro benzene ring substituents is 2. The summed E-state index contributed by atoms with van der Waals surface area (Å²) in [5.74, 6) is 0.652. The molecule has 9 heteroatoms. The maximum Gasteiger partial charge on any atom is 0.301 e. The zero-order valence-electron chi connectivity index (χ0n) is 15.1. The fourth-order valence-corrected chi connectivity index (χ4v) is 2.48. The molecule has 0 spiro atoms. The molecule has 3 aromatic rings. The second-order valence-electron chi connectivity index (χ2n) is 5.93. The third-order valence-electron chi connectivity index (χ3n) is 3.89. The van der Waals surface area contributed by atoms with E-state index in [0.717, 1.165) is 11.6 Å². The van der Waals surface area contributed by atoms with Crippen molar-refractivity contribution < 1.29 is 14.6 Å². The van der Waals surface area contributed by atoms with Crippen molar-refractivity contribution in [2.45, 2.75) is 6.61 Å². The molecular formula is C20H16N4O5. The molecule has 1 N–H and O–H groups in total. The number of hydrazone groups is 1. The standard InChI is InChI=1S/C20H16N4O5/c25-23(26)17-9-10-19(20(12-17)24(27)28)22-21-13-16-7-4-8-18(11-16)29-14-15-5-2-1-3-6-15/h1-13,22H,14H2. The van der Waals surface area contributed by atoms with Gasteiger partial charge in [-0.05, 0) is 29.3 Å². The predicted molar refractivity (Wildman–Crippen MR) is 108 cm³/mol. The fourth-order valence-electron chi connectivity index (χ4n) is 2.48. The summed E-state index contributed by atoms with van der Waals surface area (Å²) in [7, 11) is 0. The molecule has 3 aromatic carbocycles. The van der Waals surface area contributed by atoms with Gasteiger partial charge in [-0.15, -0.1) is 0 Å². The highest BCUT2D eigenvalue weighted by molar-refractivity contribution is 5.81. The molecule has 3 rings (SSSR count). The molecule has 0 saturated heterocycles. The summed E-state index contributed by atoms with van der Waals surface area (Å²) in [6.45, 7) is 0.425. The van der Waals surface area contributed by atoms with Crippen LogP contribution in [0.5, 0.6) is 5.75 Å². The third kappa shape index (κ3) is 5.36. The van der Waals surface area contributed by atoms with Crippen LogP contribution in [0.15, 0.2) is 77.9 Å². The Morgan fingerprint density at radius 1 is 0.931 bits per heavy atom. The first-order valence-corrected chi connectivity index (χ1v) is 8.51. The third-order valence-corrected chi connectivity index (χ3v) is 3.89. The van der Waals surface area contributed by atoms with Gasteiger partial charge in [0.05, 0.1) is 22.1 Å². The molecule has 0 unspecified atom stereocenters. The van der Waals surface area contributed by atoms with Crippen molar-refractivity contribution in [1.82, 2.24) is 0 Å². The van der Waals surface area contributed by atoms with E-state index in [-0.39, 0.29) is 11.4 Å². The number of non-ortho nitro benzene ring substituents is 1. The summed E-state index contributed by atoms with van der Waals surface area (Å²) >= 11 is 0. The van der Waals surface area contributed by atoms with Gasteiger partial charge in [0.1, 0.15) is 18.0 Å². The van der Waals surface area contributed by atoms with E-state index in [2.05, 4.69) is 10.5 Å². The number of nitro groups is 2. The Morgan fingerprint density at radius 3 is 2.45 bits per heavy atom. The van der Waals surface area contributed by atoms with Gasteiger partial charge in [-0.25, -0.2) is 0 Å². The van der Waals surface area contributed by atoms with E-state index in [1.165, 1.54) is 18.3 Å². The van der Waals surface area contributed by atoms with Crippen LogP contribution in [0.1, 0.15) is 11.1 Å². The highest BCUT2D eigenvalue weighted by atomic mass is 16.6. The Morgan fingerprint density at radius 2 is 1.72 bits per heavy atom. The van der Waals surface area contributed by atoms with Crippen molar-refractivity contribution in [3.63, 3.8) is 0 Å². The smallest absolute Gasteiger partial charge is 0.301 e. The Labute approximate surface area is 165 Å². The van der Waals surface area contributed by atoms with Crippen LogP contribution < -0.4 is 10.2 Å². The van der Waals surface area contributed by atoms with Crippen molar-refractivity contribution in [2.24, 2.45) is 5.10 Å². The summed E-state index contributed by atoms with van der Waals surface area (Å²) in [6, 6.07) is 20.2. The van der Waals surface area contributed by atoms with Crippen LogP contribution >= 0.6 is 0 Å². The maximum atomic E-state index is 11.1. The molecule has 0 saturated carbocycles. The van der Waals surface area contributed by atoms with Crippen molar-refractivity contribution in [3.8, 4) is 5.75 Å². The van der Waals surface area contributed by atoms with Gasteiger partial charge in [0.2, 0.25) is 0 Å². The zero-order chi connectivity index (χ0) is 20.6. The largest absolute Gasteiger partial charge is 0.489 e. The van der Waals surface area contributed by atoms with Gasteiger partial charge in [0.15, 0.2) is 0 Å². The first kappa shape index (κ1) is 19.5. The van der Waals surface area contributed by atoms with E-state index in [0.29, 0.717) is 17.9 Å². The first-order valence-electron chi connectivity index (χ1n) is 8.51. The topological polar surface area (TPSA) is 120 Å². The monoisotopic (exact) mass is 392 g/mol. The summed E-state index contributed by atoms with van der Waals surface area (Å²) in [5, 5.41) is 25.9. The minimum absolute atomic E-state index is 0.0494. The van der Waals surface area contributed by atoms with Crippen LogP contribution in [0.2, 0.25) is 0 Å². The SMILES string of the molecule is O=[N+]([O-])c1ccc(NN=Cc2cccc(OCc3ccccc3)c2)c([N+](=O)[O-])c1. The summed E-state index contributed by atoms with van der Waals surface area (Å²) in [6.07, 6.45) is 1.47. The lowest BCUT2D eigenvalue weighted by Crippen LogP contribution is -1.99. The number of hydrogen-bond donors (Lipinski definition) is 1. The van der Waals surface area contributed by atoms with Gasteiger partial charge in [0, 0.05) is 6.07 Å². The fraction of sp³-hybridized carbons (Fsp3) is 0.0500. The second kappa shape index (κ2) is 9.09. The van der Waals surface area contributed by atoms with Gasteiger partial charge in [-0.2, -0.15) is 5.10 Å². The molecule has 29 heavy (non-hydrogen) atoms. The Hall–Kier alpha value is -4.27. The zero-order valence-corrected chi connectivity index (χ0v) is 15.1. The van der Waals surface area contributed by atoms with Crippen molar-refractivity contribution >= 4 is 23.3 Å². The van der Waals surface area contributed by atoms with Gasteiger partial charge in [-0.1, -0.05) is 42.5 Å². The van der Waals surface area contributed by atoms with Crippen LogP contribution in [0.25, 0.3) is 0 Å². The normalized spacial score (nSPS) is 10.6. The highest BCUT2D eigenvalue weighted by Gasteiger charge is 2.19. The van der Waals surface area contributed by atoms with Crippen LogP contribution in [0, 0.1) is 20.2 Å². The number of rotatable bonds is 8. The van der Waals surface area contributed by atoms with E-state index < -0.39 is 15.5 Å². The Balaban J connectivity index is 1.67. The number of anilines is 1. The van der Waals surface area contributed by atoms with E-state index in [1.54, 1.807) is 18.2 Å². The Bertz CT molecular complexity index is 1050. The van der Waals surface area contributed by atoms with Crippen LogP contribution in [0.3, 0.4) is 0 Å². The molecule has 0 heterocycles. The number of nitrogens with one attached hydrogen (secondary N) is 1. The van der Waals surface area contributed by atoms with Crippen molar-refractivity contribution in [2.75, 3.05) is 5.43 Å². The quantitative estimate of drug-likeness (QED) is 0.342. The second-order valence-corrected chi connectivity index (χ2v) is 5.93. The lowest BCUT2D eigenvalue weighted by molar-refractivity contribution is -0.393. The molecule has 146 valence electrons. The summed E-state index contributed by atoms with van der Waals surface area (Å²) < 4.78 is 5.75. The van der Waals surface area contributed by atoms with E-state index >= 15 is 0 Å².